The van der Waals surface area contributed by atoms with Gasteiger partial charge in [0.2, 0.25) is 0 Å². The van der Waals surface area contributed by atoms with Gasteiger partial charge in [-0.05, 0) is 64.5 Å². The fraction of sp³-hybridized carbons (Fsp3) is 1.00. The van der Waals surface area contributed by atoms with E-state index < -0.39 is 0 Å². The van der Waals surface area contributed by atoms with Crippen LogP contribution in [0, 0.1) is 0 Å². The summed E-state index contributed by atoms with van der Waals surface area (Å²) in [5.74, 6) is 0. The minimum absolute atomic E-state index is 0.523. The molecular formula is C14H27NO2. The van der Waals surface area contributed by atoms with Gasteiger partial charge in [0.25, 0.3) is 0 Å². The Morgan fingerprint density at radius 1 is 0.824 bits per heavy atom. The molecule has 2 rings (SSSR count). The van der Waals surface area contributed by atoms with Gasteiger partial charge in [-0.15, -0.1) is 0 Å². The van der Waals surface area contributed by atoms with Crippen LogP contribution in [0.5, 0.6) is 0 Å². The van der Waals surface area contributed by atoms with Crippen LogP contribution in [0.15, 0.2) is 0 Å². The lowest BCUT2D eigenvalue weighted by atomic mass is 10.1. The third-order valence-electron chi connectivity index (χ3n) is 3.82. The molecule has 0 bridgehead atoms. The van der Waals surface area contributed by atoms with Crippen LogP contribution in [-0.2, 0) is 9.47 Å². The molecule has 0 radical (unpaired) electrons. The Hall–Kier alpha value is -0.120. The van der Waals surface area contributed by atoms with Gasteiger partial charge in [-0.1, -0.05) is 0 Å². The second kappa shape index (κ2) is 8.06. The van der Waals surface area contributed by atoms with E-state index in [1.54, 1.807) is 0 Å². The molecule has 3 nitrogen and oxygen atoms in total. The fourth-order valence-electron chi connectivity index (χ4n) is 2.75. The highest BCUT2D eigenvalue weighted by molar-refractivity contribution is 4.67. The smallest absolute Gasteiger partial charge is 0.0587 e. The first-order valence-corrected chi connectivity index (χ1v) is 7.39. The van der Waals surface area contributed by atoms with E-state index in [0.717, 1.165) is 26.3 Å². The van der Waals surface area contributed by atoms with E-state index in [1.165, 1.54) is 51.4 Å². The summed E-state index contributed by atoms with van der Waals surface area (Å²) in [6.45, 7) is 4.20. The topological polar surface area (TPSA) is 30.5 Å². The van der Waals surface area contributed by atoms with Gasteiger partial charge < -0.3 is 14.8 Å². The lowest BCUT2D eigenvalue weighted by Gasteiger charge is -2.22. The van der Waals surface area contributed by atoms with Gasteiger partial charge in [0.05, 0.1) is 12.2 Å². The van der Waals surface area contributed by atoms with Gasteiger partial charge in [-0.25, -0.2) is 0 Å². The zero-order valence-electron chi connectivity index (χ0n) is 11.0. The SMILES string of the molecule is C1CCC(CCNCCCC2CCCO2)OC1. The number of nitrogens with one attached hydrogen (secondary N) is 1. The van der Waals surface area contributed by atoms with E-state index >= 15 is 0 Å². The summed E-state index contributed by atoms with van der Waals surface area (Å²) in [5.41, 5.74) is 0. The lowest BCUT2D eigenvalue weighted by Crippen LogP contribution is -2.26. The van der Waals surface area contributed by atoms with Crippen molar-refractivity contribution in [3.8, 4) is 0 Å². The number of hydrogen-bond acceptors (Lipinski definition) is 3. The summed E-state index contributed by atoms with van der Waals surface area (Å²) < 4.78 is 11.3. The molecule has 2 aliphatic heterocycles. The standard InChI is InChI=1S/C14H27NO2/c1-2-11-16-14(5-1)8-10-15-9-3-6-13-7-4-12-17-13/h13-15H,1-12H2. The van der Waals surface area contributed by atoms with Gasteiger partial charge in [-0.3, -0.25) is 0 Å². The first kappa shape index (κ1) is 13.3. The first-order chi connectivity index (χ1) is 8.45. The maximum atomic E-state index is 5.71. The maximum absolute atomic E-state index is 5.71. The molecule has 2 fully saturated rings. The highest BCUT2D eigenvalue weighted by Crippen LogP contribution is 2.16. The van der Waals surface area contributed by atoms with Crippen molar-refractivity contribution < 1.29 is 9.47 Å². The quantitative estimate of drug-likeness (QED) is 0.695. The van der Waals surface area contributed by atoms with Crippen molar-refractivity contribution >= 4 is 0 Å². The molecule has 0 aromatic carbocycles. The molecule has 1 N–H and O–H groups in total. The number of rotatable bonds is 7. The van der Waals surface area contributed by atoms with Crippen LogP contribution in [0.3, 0.4) is 0 Å². The second-order valence-electron chi connectivity index (χ2n) is 5.30. The summed E-state index contributed by atoms with van der Waals surface area (Å²) >= 11 is 0. The summed E-state index contributed by atoms with van der Waals surface area (Å²) in [6.07, 6.45) is 11.1. The van der Waals surface area contributed by atoms with E-state index in [2.05, 4.69) is 5.32 Å². The second-order valence-corrected chi connectivity index (χ2v) is 5.30. The van der Waals surface area contributed by atoms with Gasteiger partial charge >= 0.3 is 0 Å². The van der Waals surface area contributed by atoms with Crippen LogP contribution in [0.25, 0.3) is 0 Å². The zero-order valence-corrected chi connectivity index (χ0v) is 11.0. The summed E-state index contributed by atoms with van der Waals surface area (Å²) in [7, 11) is 0. The van der Waals surface area contributed by atoms with Crippen molar-refractivity contribution in [3.05, 3.63) is 0 Å². The molecule has 100 valence electrons. The molecule has 0 spiro atoms. The third kappa shape index (κ3) is 5.36. The molecule has 0 amide bonds. The monoisotopic (exact) mass is 241 g/mol. The Labute approximate surface area is 105 Å². The molecular weight excluding hydrogens is 214 g/mol. The minimum Gasteiger partial charge on any atom is -0.378 e. The molecule has 0 aliphatic carbocycles. The highest BCUT2D eigenvalue weighted by Gasteiger charge is 2.15. The van der Waals surface area contributed by atoms with Crippen LogP contribution in [-0.4, -0.2) is 38.5 Å². The van der Waals surface area contributed by atoms with Crippen molar-refractivity contribution in [2.24, 2.45) is 0 Å². The largest absolute Gasteiger partial charge is 0.378 e. The zero-order chi connectivity index (χ0) is 11.8. The molecule has 2 unspecified atom stereocenters. The van der Waals surface area contributed by atoms with E-state index in [0.29, 0.717) is 12.2 Å². The minimum atomic E-state index is 0.523. The van der Waals surface area contributed by atoms with Gasteiger partial charge in [-0.2, -0.15) is 0 Å². The van der Waals surface area contributed by atoms with Gasteiger partial charge in [0.15, 0.2) is 0 Å². The molecule has 17 heavy (non-hydrogen) atoms. The Balaban J connectivity index is 1.38. The Kier molecular flexibility index (Phi) is 6.32. The summed E-state index contributed by atoms with van der Waals surface area (Å²) in [4.78, 5) is 0. The summed E-state index contributed by atoms with van der Waals surface area (Å²) in [6, 6.07) is 0. The molecule has 0 saturated carbocycles. The lowest BCUT2D eigenvalue weighted by molar-refractivity contribution is 0.0115. The predicted octanol–water partition coefficient (Wildman–Crippen LogP) is 2.49. The van der Waals surface area contributed by atoms with Crippen molar-refractivity contribution in [3.63, 3.8) is 0 Å². The van der Waals surface area contributed by atoms with Crippen LogP contribution in [0.1, 0.15) is 51.4 Å². The molecule has 2 heterocycles. The number of ether oxygens (including phenoxy) is 2. The van der Waals surface area contributed by atoms with Crippen molar-refractivity contribution in [1.29, 1.82) is 0 Å². The van der Waals surface area contributed by atoms with Gasteiger partial charge in [0.1, 0.15) is 0 Å². The predicted molar refractivity (Wildman–Crippen MR) is 69.3 cm³/mol. The van der Waals surface area contributed by atoms with Crippen molar-refractivity contribution in [2.75, 3.05) is 26.3 Å². The average molecular weight is 241 g/mol. The first-order valence-electron chi connectivity index (χ1n) is 7.39. The van der Waals surface area contributed by atoms with Crippen LogP contribution < -0.4 is 5.32 Å². The van der Waals surface area contributed by atoms with Crippen LogP contribution in [0.4, 0.5) is 0 Å². The molecule has 2 aliphatic rings. The molecule has 3 heteroatoms. The Morgan fingerprint density at radius 2 is 1.59 bits per heavy atom. The molecule has 2 saturated heterocycles. The normalized spacial score (nSPS) is 29.6. The fourth-order valence-corrected chi connectivity index (χ4v) is 2.75. The highest BCUT2D eigenvalue weighted by atomic mass is 16.5. The molecule has 2 atom stereocenters. The van der Waals surface area contributed by atoms with Crippen LogP contribution >= 0.6 is 0 Å². The van der Waals surface area contributed by atoms with Crippen molar-refractivity contribution in [1.82, 2.24) is 5.32 Å². The van der Waals surface area contributed by atoms with E-state index in [9.17, 15) is 0 Å². The van der Waals surface area contributed by atoms with Crippen molar-refractivity contribution in [2.45, 2.75) is 63.6 Å². The Morgan fingerprint density at radius 3 is 2.29 bits per heavy atom. The van der Waals surface area contributed by atoms with E-state index in [-0.39, 0.29) is 0 Å². The third-order valence-corrected chi connectivity index (χ3v) is 3.82. The Bertz CT molecular complexity index is 187. The molecule has 0 aromatic heterocycles. The van der Waals surface area contributed by atoms with Gasteiger partial charge in [0, 0.05) is 13.2 Å². The summed E-state index contributed by atoms with van der Waals surface area (Å²) in [5, 5.41) is 3.52. The average Bonchev–Trinajstić information content (AvgIpc) is 2.88. The van der Waals surface area contributed by atoms with E-state index in [4.69, 9.17) is 9.47 Å². The van der Waals surface area contributed by atoms with Crippen LogP contribution in [0.2, 0.25) is 0 Å². The number of hydrogen-bond donors (Lipinski definition) is 1. The molecule has 0 aromatic rings. The van der Waals surface area contributed by atoms with E-state index in [1.807, 2.05) is 0 Å². The maximum Gasteiger partial charge on any atom is 0.0587 e.